The summed E-state index contributed by atoms with van der Waals surface area (Å²) in [6.45, 7) is 2.08. The number of aliphatic hydroxyl groups is 1. The summed E-state index contributed by atoms with van der Waals surface area (Å²) in [5.41, 5.74) is 2.55. The summed E-state index contributed by atoms with van der Waals surface area (Å²) in [5.74, 6) is 0. The van der Waals surface area contributed by atoms with Crippen molar-refractivity contribution in [3.63, 3.8) is 0 Å². The highest BCUT2D eigenvalue weighted by Crippen LogP contribution is 2.36. The molecule has 1 aliphatic carbocycles. The lowest BCUT2D eigenvalue weighted by molar-refractivity contribution is 0.224. The molecule has 0 bridgehead atoms. The van der Waals surface area contributed by atoms with Crippen LogP contribution in [-0.2, 0) is 12.8 Å². The summed E-state index contributed by atoms with van der Waals surface area (Å²) in [6.07, 6.45) is 4.59. The molecule has 0 saturated carbocycles. The third-order valence-electron chi connectivity index (χ3n) is 3.48. The fourth-order valence-corrected chi connectivity index (χ4v) is 4.48. The Hall–Kier alpha value is -0.640. The molecule has 0 saturated heterocycles. The Labute approximate surface area is 110 Å². The summed E-state index contributed by atoms with van der Waals surface area (Å²) < 4.78 is 0. The second kappa shape index (κ2) is 4.56. The van der Waals surface area contributed by atoms with Crippen molar-refractivity contribution in [2.75, 3.05) is 0 Å². The zero-order valence-corrected chi connectivity index (χ0v) is 11.5. The molecular weight excluding hydrogens is 248 g/mol. The van der Waals surface area contributed by atoms with Crippen LogP contribution in [0.3, 0.4) is 0 Å². The number of hydrogen-bond acceptors (Lipinski definition) is 3. The van der Waals surface area contributed by atoms with Crippen LogP contribution in [0.4, 0.5) is 0 Å². The quantitative estimate of drug-likeness (QED) is 0.866. The molecule has 1 aliphatic rings. The first kappa shape index (κ1) is 11.5. The molecule has 1 N–H and O–H groups in total. The molecular formula is C14H16OS2. The fourth-order valence-electron chi connectivity index (χ4n) is 2.48. The van der Waals surface area contributed by atoms with E-state index in [-0.39, 0.29) is 0 Å². The third-order valence-corrected chi connectivity index (χ3v) is 5.63. The van der Waals surface area contributed by atoms with E-state index in [1.54, 1.807) is 22.7 Å². The van der Waals surface area contributed by atoms with Gasteiger partial charge in [0.15, 0.2) is 0 Å². The minimum Gasteiger partial charge on any atom is -0.383 e. The van der Waals surface area contributed by atoms with E-state index in [4.69, 9.17) is 0 Å². The van der Waals surface area contributed by atoms with E-state index in [0.29, 0.717) is 0 Å². The second-order valence-electron chi connectivity index (χ2n) is 4.64. The Balaban J connectivity index is 1.94. The van der Waals surface area contributed by atoms with Crippen molar-refractivity contribution in [3.05, 3.63) is 43.3 Å². The highest BCUT2D eigenvalue weighted by atomic mass is 32.1. The first-order valence-corrected chi connectivity index (χ1v) is 7.79. The molecule has 2 aromatic heterocycles. The number of rotatable bonds is 2. The molecule has 2 heterocycles. The third kappa shape index (κ3) is 2.07. The largest absolute Gasteiger partial charge is 0.383 e. The molecule has 0 radical (unpaired) electrons. The van der Waals surface area contributed by atoms with Gasteiger partial charge in [0, 0.05) is 14.6 Å². The number of hydrogen-bond donors (Lipinski definition) is 1. The standard InChI is InChI=1S/C14H16OS2/c1-9-11(6-7-16-9)14(15)13-8-10-4-2-3-5-12(10)17-13/h6-8,14-15H,2-5H2,1H3. The molecule has 3 rings (SSSR count). The number of aryl methyl sites for hydroxylation is 3. The molecule has 90 valence electrons. The van der Waals surface area contributed by atoms with Gasteiger partial charge in [-0.3, -0.25) is 0 Å². The lowest BCUT2D eigenvalue weighted by atomic mass is 9.98. The summed E-state index contributed by atoms with van der Waals surface area (Å²) in [5, 5.41) is 12.5. The predicted octanol–water partition coefficient (Wildman–Crippen LogP) is 4.08. The summed E-state index contributed by atoms with van der Waals surface area (Å²) >= 11 is 3.51. The molecule has 0 fully saturated rings. The lowest BCUT2D eigenvalue weighted by Crippen LogP contribution is -1.97. The van der Waals surface area contributed by atoms with E-state index in [0.717, 1.165) is 10.4 Å². The SMILES string of the molecule is Cc1sccc1C(O)c1cc2c(s1)CCCC2. The van der Waals surface area contributed by atoms with Crippen LogP contribution in [0.15, 0.2) is 17.5 Å². The van der Waals surface area contributed by atoms with Crippen LogP contribution in [0, 0.1) is 6.92 Å². The average Bonchev–Trinajstić information content (AvgIpc) is 2.93. The molecule has 1 nitrogen and oxygen atoms in total. The molecule has 17 heavy (non-hydrogen) atoms. The van der Waals surface area contributed by atoms with Gasteiger partial charge in [0.05, 0.1) is 0 Å². The van der Waals surface area contributed by atoms with Gasteiger partial charge in [0.25, 0.3) is 0 Å². The van der Waals surface area contributed by atoms with Crippen molar-refractivity contribution in [2.24, 2.45) is 0 Å². The predicted molar refractivity (Wildman–Crippen MR) is 74.1 cm³/mol. The van der Waals surface area contributed by atoms with Crippen LogP contribution in [0.1, 0.15) is 44.7 Å². The topological polar surface area (TPSA) is 20.2 Å². The van der Waals surface area contributed by atoms with Gasteiger partial charge in [-0.15, -0.1) is 22.7 Å². The monoisotopic (exact) mass is 264 g/mol. The van der Waals surface area contributed by atoms with E-state index >= 15 is 0 Å². The molecule has 3 heteroatoms. The maximum absolute atomic E-state index is 10.4. The van der Waals surface area contributed by atoms with Gasteiger partial charge in [-0.05, 0) is 61.2 Å². The first-order valence-electron chi connectivity index (χ1n) is 6.09. The molecule has 2 aromatic rings. The number of aliphatic hydroxyl groups excluding tert-OH is 1. The van der Waals surface area contributed by atoms with E-state index in [1.165, 1.54) is 41.0 Å². The Morgan fingerprint density at radius 2 is 2.12 bits per heavy atom. The van der Waals surface area contributed by atoms with E-state index in [1.807, 2.05) is 6.07 Å². The smallest absolute Gasteiger partial charge is 0.114 e. The Bertz CT molecular complexity index is 501. The van der Waals surface area contributed by atoms with Crippen LogP contribution in [0.2, 0.25) is 0 Å². The molecule has 0 spiro atoms. The Morgan fingerprint density at radius 1 is 1.29 bits per heavy atom. The minimum atomic E-state index is -0.420. The van der Waals surface area contributed by atoms with E-state index in [2.05, 4.69) is 18.4 Å². The second-order valence-corrected chi connectivity index (χ2v) is 6.93. The van der Waals surface area contributed by atoms with Crippen LogP contribution in [0.5, 0.6) is 0 Å². The van der Waals surface area contributed by atoms with Gasteiger partial charge in [-0.25, -0.2) is 0 Å². The van der Waals surface area contributed by atoms with Gasteiger partial charge in [-0.2, -0.15) is 0 Å². The van der Waals surface area contributed by atoms with Crippen LogP contribution < -0.4 is 0 Å². The van der Waals surface area contributed by atoms with Crippen molar-refractivity contribution in [3.8, 4) is 0 Å². The summed E-state index contributed by atoms with van der Waals surface area (Å²) in [6, 6.07) is 4.27. The minimum absolute atomic E-state index is 0.420. The van der Waals surface area contributed by atoms with E-state index in [9.17, 15) is 5.11 Å². The number of thiophene rings is 2. The van der Waals surface area contributed by atoms with Crippen molar-refractivity contribution in [1.29, 1.82) is 0 Å². The zero-order chi connectivity index (χ0) is 11.8. The number of fused-ring (bicyclic) bond motifs is 1. The normalized spacial score (nSPS) is 16.8. The molecule has 0 amide bonds. The summed E-state index contributed by atoms with van der Waals surface area (Å²) in [4.78, 5) is 3.85. The maximum Gasteiger partial charge on any atom is 0.114 e. The highest BCUT2D eigenvalue weighted by Gasteiger charge is 2.20. The lowest BCUT2D eigenvalue weighted by Gasteiger charge is -2.08. The first-order chi connectivity index (χ1) is 8.25. The fraction of sp³-hybridized carbons (Fsp3) is 0.429. The molecule has 1 atom stereocenters. The zero-order valence-electron chi connectivity index (χ0n) is 9.90. The van der Waals surface area contributed by atoms with Crippen molar-refractivity contribution < 1.29 is 5.11 Å². The van der Waals surface area contributed by atoms with Crippen LogP contribution in [0.25, 0.3) is 0 Å². The molecule has 1 unspecified atom stereocenters. The van der Waals surface area contributed by atoms with E-state index < -0.39 is 6.10 Å². The maximum atomic E-state index is 10.4. The van der Waals surface area contributed by atoms with Gasteiger partial charge in [0.2, 0.25) is 0 Å². The average molecular weight is 264 g/mol. The van der Waals surface area contributed by atoms with Crippen molar-refractivity contribution in [2.45, 2.75) is 38.7 Å². The summed E-state index contributed by atoms with van der Waals surface area (Å²) in [7, 11) is 0. The Morgan fingerprint density at radius 3 is 2.82 bits per heavy atom. The van der Waals surface area contributed by atoms with Crippen molar-refractivity contribution >= 4 is 22.7 Å². The van der Waals surface area contributed by atoms with Gasteiger partial charge < -0.3 is 5.11 Å². The Kier molecular flexibility index (Phi) is 3.07. The van der Waals surface area contributed by atoms with Gasteiger partial charge >= 0.3 is 0 Å². The van der Waals surface area contributed by atoms with Crippen LogP contribution >= 0.6 is 22.7 Å². The molecule has 0 aliphatic heterocycles. The van der Waals surface area contributed by atoms with Crippen LogP contribution in [-0.4, -0.2) is 5.11 Å². The highest BCUT2D eigenvalue weighted by molar-refractivity contribution is 7.12. The van der Waals surface area contributed by atoms with Gasteiger partial charge in [0.1, 0.15) is 6.10 Å². The van der Waals surface area contributed by atoms with Gasteiger partial charge in [-0.1, -0.05) is 0 Å². The van der Waals surface area contributed by atoms with Crippen molar-refractivity contribution in [1.82, 2.24) is 0 Å². The molecule has 0 aromatic carbocycles.